The molecule has 0 amide bonds. The van der Waals surface area contributed by atoms with E-state index < -0.39 is 0 Å². The Morgan fingerprint density at radius 2 is 1.85 bits per heavy atom. The first-order chi connectivity index (χ1) is 9.67. The highest BCUT2D eigenvalue weighted by molar-refractivity contribution is 5.34. The first-order valence-corrected chi connectivity index (χ1v) is 7.52. The number of hydrogen-bond donors (Lipinski definition) is 0. The fourth-order valence-corrected chi connectivity index (χ4v) is 3.08. The number of rotatable bonds is 5. The lowest BCUT2D eigenvalue weighted by atomic mass is 9.92. The lowest BCUT2D eigenvalue weighted by molar-refractivity contribution is 0.132. The summed E-state index contributed by atoms with van der Waals surface area (Å²) in [5.74, 6) is 2.49. The van der Waals surface area contributed by atoms with Crippen LogP contribution in [0, 0.1) is 23.2 Å². The Morgan fingerprint density at radius 1 is 1.20 bits per heavy atom. The Balaban J connectivity index is 1.67. The molecule has 0 spiro atoms. The van der Waals surface area contributed by atoms with E-state index in [-0.39, 0.29) is 0 Å². The number of piperidine rings is 1. The maximum Gasteiger partial charge on any atom is 0.119 e. The molecule has 0 aromatic heterocycles. The van der Waals surface area contributed by atoms with E-state index in [1.54, 1.807) is 12.1 Å². The topological polar surface area (TPSA) is 36.3 Å². The molecule has 0 radical (unpaired) electrons. The Hall–Kier alpha value is -1.53. The van der Waals surface area contributed by atoms with Crippen molar-refractivity contribution >= 4 is 0 Å². The van der Waals surface area contributed by atoms with Gasteiger partial charge >= 0.3 is 0 Å². The van der Waals surface area contributed by atoms with E-state index in [9.17, 15) is 0 Å². The van der Waals surface area contributed by atoms with Crippen LogP contribution in [-0.4, -0.2) is 31.1 Å². The Bertz CT molecular complexity index is 439. The van der Waals surface area contributed by atoms with E-state index in [0.29, 0.717) is 5.56 Å². The molecule has 0 unspecified atom stereocenters. The number of hydrogen-bond acceptors (Lipinski definition) is 3. The smallest absolute Gasteiger partial charge is 0.119 e. The minimum Gasteiger partial charge on any atom is -0.494 e. The summed E-state index contributed by atoms with van der Waals surface area (Å²) in [4.78, 5) is 2.56. The zero-order valence-electron chi connectivity index (χ0n) is 12.5. The molecule has 0 saturated carbocycles. The van der Waals surface area contributed by atoms with Gasteiger partial charge in [0.2, 0.25) is 0 Å². The summed E-state index contributed by atoms with van der Waals surface area (Å²) in [6.07, 6.45) is 2.41. The molecule has 20 heavy (non-hydrogen) atoms. The maximum absolute atomic E-state index is 8.73. The van der Waals surface area contributed by atoms with E-state index in [4.69, 9.17) is 10.00 Å². The second-order valence-electron chi connectivity index (χ2n) is 6.04. The number of benzene rings is 1. The van der Waals surface area contributed by atoms with E-state index in [0.717, 1.165) is 37.2 Å². The number of ether oxygens (including phenoxy) is 1. The van der Waals surface area contributed by atoms with E-state index >= 15 is 0 Å². The Labute approximate surface area is 122 Å². The van der Waals surface area contributed by atoms with Crippen molar-refractivity contribution in [2.45, 2.75) is 26.7 Å². The van der Waals surface area contributed by atoms with Crippen molar-refractivity contribution in [2.24, 2.45) is 11.8 Å². The minimum absolute atomic E-state index is 0.675. The van der Waals surface area contributed by atoms with Gasteiger partial charge in [0, 0.05) is 19.6 Å². The molecule has 108 valence electrons. The zero-order chi connectivity index (χ0) is 14.4. The molecule has 0 bridgehead atoms. The van der Waals surface area contributed by atoms with Gasteiger partial charge in [0.05, 0.1) is 18.2 Å². The van der Waals surface area contributed by atoms with E-state index in [1.165, 1.54) is 19.5 Å². The van der Waals surface area contributed by atoms with Crippen molar-refractivity contribution in [1.82, 2.24) is 4.90 Å². The molecule has 1 fully saturated rings. The fourth-order valence-electron chi connectivity index (χ4n) is 3.08. The van der Waals surface area contributed by atoms with Crippen molar-refractivity contribution in [2.75, 3.05) is 26.2 Å². The van der Waals surface area contributed by atoms with E-state index in [2.05, 4.69) is 24.8 Å². The average Bonchev–Trinajstić information content (AvgIpc) is 2.43. The van der Waals surface area contributed by atoms with Gasteiger partial charge in [-0.3, -0.25) is 0 Å². The van der Waals surface area contributed by atoms with Gasteiger partial charge in [0.25, 0.3) is 0 Å². The summed E-state index contributed by atoms with van der Waals surface area (Å²) in [5.41, 5.74) is 0.675. The molecule has 0 aliphatic carbocycles. The zero-order valence-corrected chi connectivity index (χ0v) is 12.5. The molecule has 3 heteroatoms. The van der Waals surface area contributed by atoms with Crippen molar-refractivity contribution in [1.29, 1.82) is 5.26 Å². The van der Waals surface area contributed by atoms with Gasteiger partial charge in [0.1, 0.15) is 5.75 Å². The molecule has 1 heterocycles. The molecular weight excluding hydrogens is 248 g/mol. The van der Waals surface area contributed by atoms with Crippen molar-refractivity contribution < 1.29 is 4.74 Å². The molecule has 2 atom stereocenters. The lowest BCUT2D eigenvalue weighted by Gasteiger charge is -2.34. The molecular formula is C17H24N2O. The van der Waals surface area contributed by atoms with Crippen LogP contribution in [0.15, 0.2) is 24.3 Å². The van der Waals surface area contributed by atoms with Gasteiger partial charge in [-0.05, 0) is 48.9 Å². The molecule has 0 N–H and O–H groups in total. The maximum atomic E-state index is 8.73. The van der Waals surface area contributed by atoms with Crippen molar-refractivity contribution in [3.8, 4) is 11.8 Å². The van der Waals surface area contributed by atoms with Crippen LogP contribution < -0.4 is 4.74 Å². The Kier molecular flexibility index (Phi) is 5.43. The first-order valence-electron chi connectivity index (χ1n) is 7.52. The number of nitriles is 1. The predicted octanol–water partition coefficient (Wildman–Crippen LogP) is 3.31. The van der Waals surface area contributed by atoms with Crippen LogP contribution in [0.1, 0.15) is 32.3 Å². The van der Waals surface area contributed by atoms with Gasteiger partial charge in [-0.25, -0.2) is 0 Å². The highest BCUT2D eigenvalue weighted by atomic mass is 16.5. The van der Waals surface area contributed by atoms with Crippen molar-refractivity contribution in [3.63, 3.8) is 0 Å². The van der Waals surface area contributed by atoms with Gasteiger partial charge < -0.3 is 9.64 Å². The van der Waals surface area contributed by atoms with Gasteiger partial charge in [-0.1, -0.05) is 13.8 Å². The molecule has 3 nitrogen and oxygen atoms in total. The third-order valence-corrected chi connectivity index (χ3v) is 3.82. The third kappa shape index (κ3) is 4.54. The van der Waals surface area contributed by atoms with Crippen LogP contribution in [0.5, 0.6) is 5.75 Å². The van der Waals surface area contributed by atoms with Gasteiger partial charge in [0.15, 0.2) is 0 Å². The second kappa shape index (κ2) is 7.31. The van der Waals surface area contributed by atoms with Crippen LogP contribution in [0.3, 0.4) is 0 Å². The third-order valence-electron chi connectivity index (χ3n) is 3.82. The molecule has 1 aliphatic heterocycles. The Morgan fingerprint density at radius 3 is 2.45 bits per heavy atom. The fraction of sp³-hybridized carbons (Fsp3) is 0.588. The van der Waals surface area contributed by atoms with Gasteiger partial charge in [-0.15, -0.1) is 0 Å². The second-order valence-corrected chi connectivity index (χ2v) is 6.04. The molecule has 1 aromatic carbocycles. The van der Waals surface area contributed by atoms with Crippen LogP contribution in [-0.2, 0) is 0 Å². The normalized spacial score (nSPS) is 23.2. The monoisotopic (exact) mass is 272 g/mol. The predicted molar refractivity (Wildman–Crippen MR) is 80.7 cm³/mol. The first kappa shape index (κ1) is 14.9. The highest BCUT2D eigenvalue weighted by Gasteiger charge is 2.20. The SMILES string of the molecule is C[C@@H]1C[C@H](C)CN(CCCOc2ccc(C#N)cc2)C1. The van der Waals surface area contributed by atoms with Gasteiger partial charge in [-0.2, -0.15) is 5.26 Å². The molecule has 1 saturated heterocycles. The van der Waals surface area contributed by atoms with Crippen LogP contribution in [0.4, 0.5) is 0 Å². The summed E-state index contributed by atoms with van der Waals surface area (Å²) in [5, 5.41) is 8.73. The standard InChI is InChI=1S/C17H24N2O/c1-14-10-15(2)13-19(12-14)8-3-9-20-17-6-4-16(11-18)5-7-17/h4-7,14-15H,3,8-10,12-13H2,1-2H3/t14-,15+. The molecule has 1 aliphatic rings. The molecule has 1 aromatic rings. The average molecular weight is 272 g/mol. The van der Waals surface area contributed by atoms with Crippen molar-refractivity contribution in [3.05, 3.63) is 29.8 Å². The summed E-state index contributed by atoms with van der Waals surface area (Å²) < 4.78 is 5.71. The van der Waals surface area contributed by atoms with E-state index in [1.807, 2.05) is 12.1 Å². The lowest BCUT2D eigenvalue weighted by Crippen LogP contribution is -2.39. The van der Waals surface area contributed by atoms with Crippen LogP contribution in [0.25, 0.3) is 0 Å². The summed E-state index contributed by atoms with van der Waals surface area (Å²) in [7, 11) is 0. The number of likely N-dealkylation sites (tertiary alicyclic amines) is 1. The highest BCUT2D eigenvalue weighted by Crippen LogP contribution is 2.21. The minimum atomic E-state index is 0.675. The largest absolute Gasteiger partial charge is 0.494 e. The summed E-state index contributed by atoms with van der Waals surface area (Å²) >= 11 is 0. The summed E-state index contributed by atoms with van der Waals surface area (Å²) in [6, 6.07) is 9.43. The summed E-state index contributed by atoms with van der Waals surface area (Å²) in [6.45, 7) is 8.99. The van der Waals surface area contributed by atoms with Crippen LogP contribution >= 0.6 is 0 Å². The van der Waals surface area contributed by atoms with Crippen LogP contribution in [0.2, 0.25) is 0 Å². The molecule has 2 rings (SSSR count). The number of nitrogens with zero attached hydrogens (tertiary/aromatic N) is 2. The quantitative estimate of drug-likeness (QED) is 0.772.